The molecule has 0 bridgehead atoms. The van der Waals surface area contributed by atoms with Crippen LogP contribution >= 0.6 is 12.6 Å². The SMILES string of the molecule is CC(C)c1ccc2c(c1)C(C)(C)c1cc(S)ccc1-2. The van der Waals surface area contributed by atoms with Gasteiger partial charge in [0.2, 0.25) is 0 Å². The van der Waals surface area contributed by atoms with Crippen LogP contribution in [0.3, 0.4) is 0 Å². The maximum atomic E-state index is 4.49. The van der Waals surface area contributed by atoms with E-state index in [2.05, 4.69) is 76.7 Å². The van der Waals surface area contributed by atoms with Crippen LogP contribution in [0.5, 0.6) is 0 Å². The highest BCUT2D eigenvalue weighted by Gasteiger charge is 2.35. The Morgan fingerprint density at radius 3 is 2.11 bits per heavy atom. The Kier molecular flexibility index (Phi) is 2.79. The molecule has 0 saturated carbocycles. The fourth-order valence-corrected chi connectivity index (χ4v) is 3.31. The molecule has 0 atom stereocenters. The Morgan fingerprint density at radius 2 is 1.47 bits per heavy atom. The van der Waals surface area contributed by atoms with Gasteiger partial charge in [0.05, 0.1) is 0 Å². The lowest BCUT2D eigenvalue weighted by molar-refractivity contribution is 0.656. The maximum absolute atomic E-state index is 4.49. The van der Waals surface area contributed by atoms with Crippen molar-refractivity contribution in [1.82, 2.24) is 0 Å². The van der Waals surface area contributed by atoms with Crippen molar-refractivity contribution in [3.63, 3.8) is 0 Å². The van der Waals surface area contributed by atoms with Gasteiger partial charge in [-0.3, -0.25) is 0 Å². The van der Waals surface area contributed by atoms with E-state index in [4.69, 9.17) is 0 Å². The molecule has 0 amide bonds. The predicted molar refractivity (Wildman–Crippen MR) is 85.3 cm³/mol. The summed E-state index contributed by atoms with van der Waals surface area (Å²) in [6.07, 6.45) is 0. The third-order valence-electron chi connectivity index (χ3n) is 4.35. The van der Waals surface area contributed by atoms with Crippen molar-refractivity contribution in [1.29, 1.82) is 0 Å². The zero-order chi connectivity index (χ0) is 13.8. The van der Waals surface area contributed by atoms with Crippen LogP contribution in [-0.2, 0) is 5.41 Å². The normalized spacial score (nSPS) is 15.5. The van der Waals surface area contributed by atoms with Crippen LogP contribution in [0.1, 0.15) is 50.3 Å². The van der Waals surface area contributed by atoms with E-state index in [1.807, 2.05) is 0 Å². The monoisotopic (exact) mass is 268 g/mol. The molecule has 1 aliphatic carbocycles. The summed E-state index contributed by atoms with van der Waals surface area (Å²) < 4.78 is 0. The van der Waals surface area contributed by atoms with Crippen molar-refractivity contribution >= 4 is 12.6 Å². The lowest BCUT2D eigenvalue weighted by Crippen LogP contribution is -2.15. The van der Waals surface area contributed by atoms with Crippen molar-refractivity contribution < 1.29 is 0 Å². The second-order valence-electron chi connectivity index (χ2n) is 6.31. The van der Waals surface area contributed by atoms with Crippen molar-refractivity contribution in [2.75, 3.05) is 0 Å². The summed E-state index contributed by atoms with van der Waals surface area (Å²) >= 11 is 4.49. The number of fused-ring (bicyclic) bond motifs is 3. The quantitative estimate of drug-likeness (QED) is 0.657. The zero-order valence-corrected chi connectivity index (χ0v) is 12.9. The Hall–Kier alpha value is -1.21. The van der Waals surface area contributed by atoms with Gasteiger partial charge in [0.1, 0.15) is 0 Å². The molecular formula is C18H20S. The average Bonchev–Trinajstić information content (AvgIpc) is 2.58. The maximum Gasteiger partial charge on any atom is 0.0159 e. The van der Waals surface area contributed by atoms with E-state index in [1.165, 1.54) is 27.8 Å². The number of hydrogen-bond acceptors (Lipinski definition) is 1. The topological polar surface area (TPSA) is 0 Å². The van der Waals surface area contributed by atoms with Gasteiger partial charge in [-0.05, 0) is 45.9 Å². The van der Waals surface area contributed by atoms with Crippen LogP contribution in [-0.4, -0.2) is 0 Å². The van der Waals surface area contributed by atoms with Gasteiger partial charge < -0.3 is 0 Å². The van der Waals surface area contributed by atoms with E-state index in [9.17, 15) is 0 Å². The second-order valence-corrected chi connectivity index (χ2v) is 6.83. The van der Waals surface area contributed by atoms with Crippen molar-refractivity contribution in [2.45, 2.75) is 43.9 Å². The lowest BCUT2D eigenvalue weighted by atomic mass is 9.81. The Labute approximate surface area is 121 Å². The van der Waals surface area contributed by atoms with Crippen LogP contribution < -0.4 is 0 Å². The molecule has 0 N–H and O–H groups in total. The van der Waals surface area contributed by atoms with Gasteiger partial charge in [-0.1, -0.05) is 52.0 Å². The highest BCUT2D eigenvalue weighted by molar-refractivity contribution is 7.80. The van der Waals surface area contributed by atoms with Gasteiger partial charge in [-0.25, -0.2) is 0 Å². The first-order valence-electron chi connectivity index (χ1n) is 6.89. The van der Waals surface area contributed by atoms with Gasteiger partial charge in [0, 0.05) is 10.3 Å². The van der Waals surface area contributed by atoms with Gasteiger partial charge in [0.15, 0.2) is 0 Å². The minimum Gasteiger partial charge on any atom is -0.143 e. The summed E-state index contributed by atoms with van der Waals surface area (Å²) in [6, 6.07) is 13.5. The van der Waals surface area contributed by atoms with E-state index in [1.54, 1.807) is 0 Å². The van der Waals surface area contributed by atoms with Crippen LogP contribution in [0, 0.1) is 0 Å². The molecule has 2 aromatic carbocycles. The molecule has 1 heteroatoms. The van der Waals surface area contributed by atoms with Crippen molar-refractivity contribution in [3.8, 4) is 11.1 Å². The average molecular weight is 268 g/mol. The molecule has 0 unspecified atom stereocenters. The van der Waals surface area contributed by atoms with Gasteiger partial charge in [0.25, 0.3) is 0 Å². The molecule has 0 radical (unpaired) electrons. The first-order valence-corrected chi connectivity index (χ1v) is 7.34. The molecule has 19 heavy (non-hydrogen) atoms. The van der Waals surface area contributed by atoms with Crippen LogP contribution in [0.25, 0.3) is 11.1 Å². The predicted octanol–water partition coefficient (Wildman–Crippen LogP) is 5.41. The van der Waals surface area contributed by atoms with Crippen LogP contribution in [0.2, 0.25) is 0 Å². The zero-order valence-electron chi connectivity index (χ0n) is 12.0. The van der Waals surface area contributed by atoms with E-state index in [0.717, 1.165) is 4.90 Å². The molecule has 1 aliphatic rings. The fraction of sp³-hybridized carbons (Fsp3) is 0.333. The van der Waals surface area contributed by atoms with Crippen LogP contribution in [0.15, 0.2) is 41.3 Å². The number of thiol groups is 1. The third kappa shape index (κ3) is 1.83. The van der Waals surface area contributed by atoms with E-state index in [-0.39, 0.29) is 5.41 Å². The number of rotatable bonds is 1. The largest absolute Gasteiger partial charge is 0.143 e. The third-order valence-corrected chi connectivity index (χ3v) is 4.63. The summed E-state index contributed by atoms with van der Waals surface area (Å²) in [4.78, 5) is 1.05. The van der Waals surface area contributed by atoms with Gasteiger partial charge in [-0.2, -0.15) is 0 Å². The molecule has 0 heterocycles. The van der Waals surface area contributed by atoms with Crippen molar-refractivity contribution in [3.05, 3.63) is 53.1 Å². The van der Waals surface area contributed by atoms with Crippen LogP contribution in [0.4, 0.5) is 0 Å². The molecule has 98 valence electrons. The lowest BCUT2D eigenvalue weighted by Gasteiger charge is -2.22. The smallest absolute Gasteiger partial charge is 0.0159 e. The van der Waals surface area contributed by atoms with Crippen molar-refractivity contribution in [2.24, 2.45) is 0 Å². The molecule has 3 rings (SSSR count). The molecule has 0 saturated heterocycles. The molecule has 0 fully saturated rings. The Bertz CT molecular complexity index is 651. The molecule has 0 aliphatic heterocycles. The highest BCUT2D eigenvalue weighted by atomic mass is 32.1. The fourth-order valence-electron chi connectivity index (χ4n) is 3.10. The Morgan fingerprint density at radius 1 is 0.895 bits per heavy atom. The molecule has 0 aromatic heterocycles. The summed E-state index contributed by atoms with van der Waals surface area (Å²) in [6.45, 7) is 9.13. The molecular weight excluding hydrogens is 248 g/mol. The Balaban J connectivity index is 2.28. The van der Waals surface area contributed by atoms with Gasteiger partial charge >= 0.3 is 0 Å². The van der Waals surface area contributed by atoms with Gasteiger partial charge in [-0.15, -0.1) is 12.6 Å². The molecule has 0 nitrogen and oxygen atoms in total. The summed E-state index contributed by atoms with van der Waals surface area (Å²) in [5.74, 6) is 0.574. The minimum atomic E-state index is 0.0777. The second kappa shape index (κ2) is 4.14. The standard InChI is InChI=1S/C18H20S/c1-11(2)12-5-7-14-15-8-6-13(19)10-17(15)18(3,4)16(14)9-12/h5-11,19H,1-4H3. The number of benzene rings is 2. The summed E-state index contributed by atoms with van der Waals surface area (Å²) in [5.41, 5.74) is 7.11. The highest BCUT2D eigenvalue weighted by Crippen LogP contribution is 2.49. The molecule has 2 aromatic rings. The first-order chi connectivity index (χ1) is 8.91. The summed E-state index contributed by atoms with van der Waals surface area (Å²) in [5, 5.41) is 0. The van der Waals surface area contributed by atoms with E-state index >= 15 is 0 Å². The summed E-state index contributed by atoms with van der Waals surface area (Å²) in [7, 11) is 0. The first kappa shape index (κ1) is 12.8. The number of hydrogen-bond donors (Lipinski definition) is 1. The minimum absolute atomic E-state index is 0.0777. The van der Waals surface area contributed by atoms with E-state index in [0.29, 0.717) is 5.92 Å². The molecule has 0 spiro atoms. The van der Waals surface area contributed by atoms with E-state index < -0.39 is 0 Å².